The van der Waals surface area contributed by atoms with E-state index in [1.165, 1.54) is 6.07 Å². The van der Waals surface area contributed by atoms with Crippen molar-refractivity contribution in [2.45, 2.75) is 6.42 Å². The van der Waals surface area contributed by atoms with Gasteiger partial charge in [0.2, 0.25) is 0 Å². The minimum Gasteiger partial charge on any atom is -0.507 e. The molecule has 82 valence electrons. The first-order chi connectivity index (χ1) is 7.76. The van der Waals surface area contributed by atoms with Gasteiger partial charge in [-0.25, -0.2) is 0 Å². The van der Waals surface area contributed by atoms with Gasteiger partial charge in [0.15, 0.2) is 6.29 Å². The maximum Gasteiger partial charge on any atom is 0.154 e. The molecular formula is C13H12O3. The molecule has 0 heterocycles. The molecule has 0 amide bonds. The second-order valence-corrected chi connectivity index (χ2v) is 3.65. The number of aliphatic hydroxyl groups excluding tert-OH is 1. The minimum absolute atomic E-state index is 0.00240. The highest BCUT2D eigenvalue weighted by atomic mass is 16.3. The summed E-state index contributed by atoms with van der Waals surface area (Å²) < 4.78 is 0. The average Bonchev–Trinajstić information content (AvgIpc) is 2.30. The van der Waals surface area contributed by atoms with Crippen molar-refractivity contribution in [3.63, 3.8) is 0 Å². The lowest BCUT2D eigenvalue weighted by Crippen LogP contribution is -1.91. The molecule has 0 saturated heterocycles. The Bertz CT molecular complexity index is 532. The van der Waals surface area contributed by atoms with E-state index in [4.69, 9.17) is 5.11 Å². The third kappa shape index (κ3) is 1.77. The van der Waals surface area contributed by atoms with E-state index in [9.17, 15) is 9.90 Å². The third-order valence-electron chi connectivity index (χ3n) is 2.62. The molecule has 0 bridgehead atoms. The lowest BCUT2D eigenvalue weighted by atomic mass is 10.0. The zero-order valence-corrected chi connectivity index (χ0v) is 8.68. The molecule has 0 unspecified atom stereocenters. The van der Waals surface area contributed by atoms with E-state index in [0.29, 0.717) is 18.3 Å². The van der Waals surface area contributed by atoms with Gasteiger partial charge in [0.05, 0.1) is 5.56 Å². The van der Waals surface area contributed by atoms with Gasteiger partial charge in [-0.3, -0.25) is 4.79 Å². The van der Waals surface area contributed by atoms with Gasteiger partial charge < -0.3 is 10.2 Å². The molecule has 2 aromatic rings. The van der Waals surface area contributed by atoms with Crippen LogP contribution in [0.3, 0.4) is 0 Å². The SMILES string of the molecule is O=Cc1c(O)ccc2cc(CCO)ccc12. The van der Waals surface area contributed by atoms with Gasteiger partial charge >= 0.3 is 0 Å². The van der Waals surface area contributed by atoms with Crippen LogP contribution >= 0.6 is 0 Å². The fraction of sp³-hybridized carbons (Fsp3) is 0.154. The van der Waals surface area contributed by atoms with Crippen molar-refractivity contribution < 1.29 is 15.0 Å². The van der Waals surface area contributed by atoms with Gasteiger partial charge in [-0.05, 0) is 28.8 Å². The Morgan fingerprint density at radius 2 is 2.00 bits per heavy atom. The number of aliphatic hydroxyl groups is 1. The molecule has 0 aromatic heterocycles. The molecule has 0 saturated carbocycles. The number of aldehydes is 1. The summed E-state index contributed by atoms with van der Waals surface area (Å²) in [6.45, 7) is 0.101. The first kappa shape index (κ1) is 10.6. The third-order valence-corrected chi connectivity index (χ3v) is 2.62. The predicted octanol–water partition coefficient (Wildman–Crippen LogP) is 1.89. The van der Waals surface area contributed by atoms with Crippen molar-refractivity contribution in [3.05, 3.63) is 41.5 Å². The Labute approximate surface area is 93.0 Å². The summed E-state index contributed by atoms with van der Waals surface area (Å²) in [6, 6.07) is 8.83. The topological polar surface area (TPSA) is 57.5 Å². The number of aromatic hydroxyl groups is 1. The molecule has 0 aliphatic carbocycles. The summed E-state index contributed by atoms with van der Waals surface area (Å²) in [5.41, 5.74) is 1.32. The molecule has 2 rings (SSSR count). The van der Waals surface area contributed by atoms with Crippen LogP contribution in [0.1, 0.15) is 15.9 Å². The molecule has 0 radical (unpaired) electrons. The van der Waals surface area contributed by atoms with Crippen molar-refractivity contribution in [1.29, 1.82) is 0 Å². The van der Waals surface area contributed by atoms with Crippen molar-refractivity contribution in [2.24, 2.45) is 0 Å². The van der Waals surface area contributed by atoms with Crippen molar-refractivity contribution in [3.8, 4) is 5.75 Å². The van der Waals surface area contributed by atoms with Gasteiger partial charge in [-0.2, -0.15) is 0 Å². The Balaban J connectivity index is 2.64. The number of benzene rings is 2. The highest BCUT2D eigenvalue weighted by Crippen LogP contribution is 2.26. The molecule has 2 N–H and O–H groups in total. The summed E-state index contributed by atoms with van der Waals surface area (Å²) in [5.74, 6) is -0.00240. The summed E-state index contributed by atoms with van der Waals surface area (Å²) in [6.07, 6.45) is 1.25. The highest BCUT2D eigenvalue weighted by molar-refractivity contribution is 6.00. The van der Waals surface area contributed by atoms with E-state index in [0.717, 1.165) is 16.3 Å². The number of rotatable bonds is 3. The zero-order chi connectivity index (χ0) is 11.5. The summed E-state index contributed by atoms with van der Waals surface area (Å²) in [5, 5.41) is 20.0. The lowest BCUT2D eigenvalue weighted by molar-refractivity contribution is 0.112. The number of hydrogen-bond donors (Lipinski definition) is 2. The molecule has 0 fully saturated rings. The van der Waals surface area contributed by atoms with Crippen molar-refractivity contribution in [1.82, 2.24) is 0 Å². The van der Waals surface area contributed by atoms with Crippen LogP contribution in [-0.4, -0.2) is 23.1 Å². The van der Waals surface area contributed by atoms with E-state index < -0.39 is 0 Å². The van der Waals surface area contributed by atoms with Crippen molar-refractivity contribution in [2.75, 3.05) is 6.61 Å². The second-order valence-electron chi connectivity index (χ2n) is 3.65. The molecule has 16 heavy (non-hydrogen) atoms. The van der Waals surface area contributed by atoms with Crippen LogP contribution in [0.4, 0.5) is 0 Å². The molecule has 0 spiro atoms. The molecule has 0 aliphatic heterocycles. The Morgan fingerprint density at radius 1 is 1.19 bits per heavy atom. The molecule has 0 atom stereocenters. The van der Waals surface area contributed by atoms with E-state index in [2.05, 4.69) is 0 Å². The van der Waals surface area contributed by atoms with E-state index in [-0.39, 0.29) is 12.4 Å². The monoisotopic (exact) mass is 216 g/mol. The first-order valence-electron chi connectivity index (χ1n) is 5.07. The van der Waals surface area contributed by atoms with Crippen LogP contribution in [0.15, 0.2) is 30.3 Å². The average molecular weight is 216 g/mol. The van der Waals surface area contributed by atoms with Crippen LogP contribution in [0, 0.1) is 0 Å². The van der Waals surface area contributed by atoms with Gasteiger partial charge in [-0.1, -0.05) is 24.3 Å². The first-order valence-corrected chi connectivity index (χ1v) is 5.07. The van der Waals surface area contributed by atoms with Crippen molar-refractivity contribution >= 4 is 17.1 Å². The van der Waals surface area contributed by atoms with Crippen LogP contribution in [0.25, 0.3) is 10.8 Å². The molecule has 2 aromatic carbocycles. The summed E-state index contributed by atoms with van der Waals surface area (Å²) >= 11 is 0. The van der Waals surface area contributed by atoms with Gasteiger partial charge in [0.1, 0.15) is 5.75 Å². The molecule has 3 heteroatoms. The standard InChI is InChI=1S/C13H12O3/c14-6-5-9-1-3-11-10(7-9)2-4-13(16)12(11)8-15/h1-4,7-8,14,16H,5-6H2. The lowest BCUT2D eigenvalue weighted by Gasteiger charge is -2.05. The largest absolute Gasteiger partial charge is 0.507 e. The maximum absolute atomic E-state index is 10.9. The Hall–Kier alpha value is -1.87. The molecular weight excluding hydrogens is 204 g/mol. The Morgan fingerprint density at radius 3 is 2.69 bits per heavy atom. The van der Waals surface area contributed by atoms with Gasteiger partial charge in [0, 0.05) is 6.61 Å². The van der Waals surface area contributed by atoms with Crippen LogP contribution < -0.4 is 0 Å². The number of hydrogen-bond acceptors (Lipinski definition) is 3. The van der Waals surface area contributed by atoms with E-state index in [1.54, 1.807) is 12.1 Å². The number of phenols is 1. The van der Waals surface area contributed by atoms with Gasteiger partial charge in [-0.15, -0.1) is 0 Å². The summed E-state index contributed by atoms with van der Waals surface area (Å²) in [7, 11) is 0. The normalized spacial score (nSPS) is 10.6. The minimum atomic E-state index is -0.00240. The van der Waals surface area contributed by atoms with Crippen LogP contribution in [-0.2, 0) is 6.42 Å². The quantitative estimate of drug-likeness (QED) is 0.770. The smallest absolute Gasteiger partial charge is 0.154 e. The number of carbonyl (C=O) groups excluding carboxylic acids is 1. The molecule has 3 nitrogen and oxygen atoms in total. The number of fused-ring (bicyclic) bond motifs is 1. The second kappa shape index (κ2) is 4.33. The van der Waals surface area contributed by atoms with Crippen LogP contribution in [0.5, 0.6) is 5.75 Å². The summed E-state index contributed by atoms with van der Waals surface area (Å²) in [4.78, 5) is 10.9. The molecule has 0 aliphatic rings. The number of carbonyl (C=O) groups is 1. The Kier molecular flexibility index (Phi) is 2.88. The fourth-order valence-electron chi connectivity index (χ4n) is 1.80. The number of phenolic OH excluding ortho intramolecular Hbond substituents is 1. The van der Waals surface area contributed by atoms with E-state index >= 15 is 0 Å². The maximum atomic E-state index is 10.9. The fourth-order valence-corrected chi connectivity index (χ4v) is 1.80. The highest BCUT2D eigenvalue weighted by Gasteiger charge is 2.06. The van der Waals surface area contributed by atoms with E-state index in [1.807, 2.05) is 12.1 Å². The zero-order valence-electron chi connectivity index (χ0n) is 8.68. The van der Waals surface area contributed by atoms with Gasteiger partial charge in [0.25, 0.3) is 0 Å². The van der Waals surface area contributed by atoms with Crippen LogP contribution in [0.2, 0.25) is 0 Å². The predicted molar refractivity (Wildman–Crippen MR) is 61.8 cm³/mol.